The van der Waals surface area contributed by atoms with Crippen LogP contribution in [0.15, 0.2) is 42.0 Å². The summed E-state index contributed by atoms with van der Waals surface area (Å²) in [6.07, 6.45) is 5.48. The first-order chi connectivity index (χ1) is 17.7. The number of hydrogen-bond donors (Lipinski definition) is 1. The fourth-order valence-corrected chi connectivity index (χ4v) is 6.53. The molecule has 37 heavy (non-hydrogen) atoms. The van der Waals surface area contributed by atoms with Gasteiger partial charge in [0.15, 0.2) is 0 Å². The molecule has 1 saturated heterocycles. The molecule has 2 aliphatic rings. The molecule has 8 nitrogen and oxygen atoms in total. The summed E-state index contributed by atoms with van der Waals surface area (Å²) in [5, 5.41) is 3.89. The predicted molar refractivity (Wildman–Crippen MR) is 143 cm³/mol. The Balaban J connectivity index is 1.61. The third-order valence-electron chi connectivity index (χ3n) is 7.03. The normalized spacial score (nSPS) is 15.8. The Labute approximate surface area is 219 Å². The highest BCUT2D eigenvalue weighted by atomic mass is 32.1. The number of fused-ring (bicyclic) bond motifs is 1. The molecule has 5 rings (SSSR count). The number of barbiturate groups is 1. The Hall–Kier alpha value is -3.98. The minimum atomic E-state index is -0.657. The van der Waals surface area contributed by atoms with Crippen molar-refractivity contribution in [1.82, 2.24) is 14.4 Å². The number of imide groups is 2. The summed E-state index contributed by atoms with van der Waals surface area (Å²) in [6, 6.07) is 10.6. The van der Waals surface area contributed by atoms with Crippen LogP contribution in [0.2, 0.25) is 0 Å². The Kier molecular flexibility index (Phi) is 6.33. The first-order valence-corrected chi connectivity index (χ1v) is 13.0. The number of urea groups is 1. The summed E-state index contributed by atoms with van der Waals surface area (Å²) < 4.78 is 2.03. The van der Waals surface area contributed by atoms with Crippen LogP contribution in [-0.4, -0.2) is 52.2 Å². The molecule has 0 unspecified atom stereocenters. The number of hydrogen-bond acceptors (Lipinski definition) is 5. The minimum Gasteiger partial charge on any atom is -0.322 e. The number of rotatable bonds is 4. The lowest BCUT2D eigenvalue weighted by Crippen LogP contribution is -2.52. The van der Waals surface area contributed by atoms with Gasteiger partial charge in [-0.2, -0.15) is 0 Å². The predicted octanol–water partition coefficient (Wildman–Crippen LogP) is 4.72. The molecule has 1 N–H and O–H groups in total. The van der Waals surface area contributed by atoms with Crippen molar-refractivity contribution in [2.45, 2.75) is 39.5 Å². The van der Waals surface area contributed by atoms with Crippen LogP contribution < -0.4 is 5.32 Å². The second kappa shape index (κ2) is 9.48. The van der Waals surface area contributed by atoms with Gasteiger partial charge >= 0.3 is 6.03 Å². The molecule has 1 aliphatic heterocycles. The van der Waals surface area contributed by atoms with Crippen LogP contribution in [0.4, 0.5) is 10.5 Å². The van der Waals surface area contributed by atoms with Gasteiger partial charge in [0, 0.05) is 36.0 Å². The molecule has 2 aromatic heterocycles. The molecule has 190 valence electrons. The van der Waals surface area contributed by atoms with Crippen LogP contribution in [0.25, 0.3) is 11.1 Å². The molecule has 3 aromatic rings. The van der Waals surface area contributed by atoms with Gasteiger partial charge in [-0.1, -0.05) is 18.2 Å². The van der Waals surface area contributed by atoms with E-state index in [2.05, 4.69) is 5.32 Å². The van der Waals surface area contributed by atoms with Crippen molar-refractivity contribution < 1.29 is 19.2 Å². The van der Waals surface area contributed by atoms with Gasteiger partial charge in [0.25, 0.3) is 17.7 Å². The highest BCUT2D eigenvalue weighted by molar-refractivity contribution is 7.15. The number of para-hydroxylation sites is 1. The number of aryl methyl sites for hydroxylation is 2. The summed E-state index contributed by atoms with van der Waals surface area (Å²) >= 11 is 1.63. The standard InChI is InChI=1S/C28H28N4O4S/c1-16-14-18(15-21-25(34)30(3)28(36)31(4)26(21)35)17(2)32(16)27-23(20-12-8-9-13-22(20)37-27)24(33)29-19-10-6-5-7-11-19/h5-7,10-11,14-15H,8-9,12-13H2,1-4H3,(H,29,33). The van der Waals surface area contributed by atoms with E-state index in [1.165, 1.54) is 19.0 Å². The van der Waals surface area contributed by atoms with E-state index in [9.17, 15) is 19.2 Å². The van der Waals surface area contributed by atoms with Crippen LogP contribution >= 0.6 is 11.3 Å². The van der Waals surface area contributed by atoms with E-state index < -0.39 is 17.8 Å². The van der Waals surface area contributed by atoms with E-state index in [1.807, 2.05) is 54.8 Å². The molecule has 0 atom stereocenters. The number of thiophene rings is 1. The van der Waals surface area contributed by atoms with Gasteiger partial charge in [0.2, 0.25) is 0 Å². The molecule has 0 spiro atoms. The molecule has 3 heterocycles. The van der Waals surface area contributed by atoms with Crippen LogP contribution in [0.3, 0.4) is 0 Å². The number of amides is 5. The number of carbonyl (C=O) groups excluding carboxylic acids is 4. The van der Waals surface area contributed by atoms with Crippen LogP contribution in [0.5, 0.6) is 0 Å². The Morgan fingerprint density at radius 3 is 2.30 bits per heavy atom. The van der Waals surface area contributed by atoms with Crippen LogP contribution in [0, 0.1) is 13.8 Å². The highest BCUT2D eigenvalue weighted by Gasteiger charge is 2.38. The monoisotopic (exact) mass is 516 g/mol. The quantitative estimate of drug-likeness (QED) is 0.401. The maximum Gasteiger partial charge on any atom is 0.333 e. The van der Waals surface area contributed by atoms with Crippen LogP contribution in [0.1, 0.15) is 50.6 Å². The Morgan fingerprint density at radius 2 is 1.62 bits per heavy atom. The molecule has 1 fully saturated rings. The second-order valence-electron chi connectivity index (χ2n) is 9.44. The summed E-state index contributed by atoms with van der Waals surface area (Å²) in [7, 11) is 2.72. The van der Waals surface area contributed by atoms with Crippen molar-refractivity contribution in [3.05, 3.63) is 74.9 Å². The highest BCUT2D eigenvalue weighted by Crippen LogP contribution is 2.39. The molecule has 9 heteroatoms. The fourth-order valence-electron chi connectivity index (χ4n) is 5.04. The molecule has 0 bridgehead atoms. The van der Waals surface area contributed by atoms with Gasteiger partial charge in [0.1, 0.15) is 10.6 Å². The zero-order valence-electron chi connectivity index (χ0n) is 21.3. The van der Waals surface area contributed by atoms with Crippen molar-refractivity contribution in [2.75, 3.05) is 19.4 Å². The average molecular weight is 517 g/mol. The molecule has 1 aromatic carbocycles. The molecule has 0 saturated carbocycles. The van der Waals surface area contributed by atoms with Crippen molar-refractivity contribution in [1.29, 1.82) is 0 Å². The molecule has 1 aliphatic carbocycles. The van der Waals surface area contributed by atoms with E-state index >= 15 is 0 Å². The summed E-state index contributed by atoms with van der Waals surface area (Å²) in [6.45, 7) is 3.85. The Morgan fingerprint density at radius 1 is 0.973 bits per heavy atom. The largest absolute Gasteiger partial charge is 0.333 e. The molecule has 0 radical (unpaired) electrons. The SMILES string of the molecule is Cc1cc(C=C2C(=O)N(C)C(=O)N(C)C2=O)c(C)n1-c1sc2c(c1C(=O)Nc1ccccc1)CCCC2. The molecule has 5 amide bonds. The number of likely N-dealkylation sites (N-methyl/N-ethyl adjacent to an activating group) is 2. The number of benzene rings is 1. The smallest absolute Gasteiger partial charge is 0.322 e. The summed E-state index contributed by atoms with van der Waals surface area (Å²) in [4.78, 5) is 54.3. The van der Waals surface area contributed by atoms with E-state index in [0.29, 0.717) is 11.1 Å². The lowest BCUT2D eigenvalue weighted by atomic mass is 9.95. The second-order valence-corrected chi connectivity index (χ2v) is 10.5. The first kappa shape index (κ1) is 24.7. The Bertz CT molecular complexity index is 1460. The van der Waals surface area contributed by atoms with E-state index in [-0.39, 0.29) is 11.5 Å². The third-order valence-corrected chi connectivity index (χ3v) is 8.31. The molecular weight excluding hydrogens is 488 g/mol. The van der Waals surface area contributed by atoms with E-state index in [1.54, 1.807) is 17.4 Å². The number of aromatic nitrogens is 1. The minimum absolute atomic E-state index is 0.0719. The van der Waals surface area contributed by atoms with Gasteiger partial charge in [-0.05, 0) is 74.9 Å². The van der Waals surface area contributed by atoms with Crippen molar-refractivity contribution in [2.24, 2.45) is 0 Å². The summed E-state index contributed by atoms with van der Waals surface area (Å²) in [5.41, 5.74) is 4.82. The third kappa shape index (κ3) is 4.19. The van der Waals surface area contributed by atoms with E-state index in [4.69, 9.17) is 0 Å². The van der Waals surface area contributed by atoms with Gasteiger partial charge < -0.3 is 9.88 Å². The lowest BCUT2D eigenvalue weighted by Gasteiger charge is -2.28. The summed E-state index contributed by atoms with van der Waals surface area (Å²) in [5.74, 6) is -1.41. The fraction of sp³-hybridized carbons (Fsp3) is 0.286. The zero-order chi connectivity index (χ0) is 26.4. The van der Waals surface area contributed by atoms with Gasteiger partial charge in [0.05, 0.1) is 5.56 Å². The zero-order valence-corrected chi connectivity index (χ0v) is 22.1. The molecular formula is C28H28N4O4S. The maximum absolute atomic E-state index is 13.6. The van der Waals surface area contributed by atoms with Crippen molar-refractivity contribution in [3.8, 4) is 5.00 Å². The van der Waals surface area contributed by atoms with Gasteiger partial charge in [-0.15, -0.1) is 11.3 Å². The van der Waals surface area contributed by atoms with Crippen molar-refractivity contribution in [3.63, 3.8) is 0 Å². The van der Waals surface area contributed by atoms with Crippen LogP contribution in [-0.2, 0) is 22.4 Å². The van der Waals surface area contributed by atoms with Gasteiger partial charge in [-0.3, -0.25) is 24.2 Å². The number of nitrogens with zero attached hydrogens (tertiary/aromatic N) is 3. The van der Waals surface area contributed by atoms with E-state index in [0.717, 1.165) is 63.1 Å². The van der Waals surface area contributed by atoms with Gasteiger partial charge in [-0.25, -0.2) is 4.79 Å². The van der Waals surface area contributed by atoms with Crippen molar-refractivity contribution >= 4 is 46.9 Å². The average Bonchev–Trinajstić information content (AvgIpc) is 3.40. The maximum atomic E-state index is 13.6. The number of carbonyl (C=O) groups is 4. The first-order valence-electron chi connectivity index (χ1n) is 12.2. The lowest BCUT2D eigenvalue weighted by molar-refractivity contribution is -0.134. The topological polar surface area (TPSA) is 91.7 Å². The number of anilines is 1. The number of nitrogens with one attached hydrogen (secondary N) is 1.